The maximum Gasteiger partial charge on any atom is 0.320 e. The Balaban J connectivity index is 2.79. The molecule has 0 amide bonds. The van der Waals surface area contributed by atoms with Crippen LogP contribution in [0.1, 0.15) is 18.9 Å². The van der Waals surface area contributed by atoms with Crippen molar-refractivity contribution in [2.24, 2.45) is 0 Å². The molecule has 1 N–H and O–H groups in total. The summed E-state index contributed by atoms with van der Waals surface area (Å²) in [6.45, 7) is 1.95. The first kappa shape index (κ1) is 13.6. The molecule has 1 atom stereocenters. The van der Waals surface area contributed by atoms with Crippen LogP contribution < -0.4 is 0 Å². The van der Waals surface area contributed by atoms with Crippen LogP contribution in [0.15, 0.2) is 18.2 Å². The van der Waals surface area contributed by atoms with Crippen molar-refractivity contribution in [2.75, 3.05) is 7.05 Å². The highest BCUT2D eigenvalue weighted by molar-refractivity contribution is 5.73. The topological polar surface area (TPSA) is 40.5 Å². The number of hydrogen-bond acceptors (Lipinski definition) is 2. The third-order valence-electron chi connectivity index (χ3n) is 2.56. The number of rotatable bonds is 5. The van der Waals surface area contributed by atoms with Gasteiger partial charge in [0.05, 0.1) is 0 Å². The van der Waals surface area contributed by atoms with E-state index in [1.54, 1.807) is 18.9 Å². The summed E-state index contributed by atoms with van der Waals surface area (Å²) in [7, 11) is 1.62. The number of carbonyl (C=O) groups is 1. The monoisotopic (exact) mass is 243 g/mol. The van der Waals surface area contributed by atoms with Crippen molar-refractivity contribution in [1.82, 2.24) is 4.90 Å². The molecule has 1 aromatic rings. The van der Waals surface area contributed by atoms with Crippen LogP contribution in [-0.2, 0) is 11.3 Å². The molecule has 1 aromatic carbocycles. The Kier molecular flexibility index (Phi) is 4.57. The Hall–Kier alpha value is -1.49. The molecule has 0 heterocycles. The van der Waals surface area contributed by atoms with Gasteiger partial charge in [0.1, 0.15) is 17.7 Å². The number of carboxylic acid groups (broad SMARTS) is 1. The Bertz CT molecular complexity index is 389. The average molecular weight is 243 g/mol. The zero-order chi connectivity index (χ0) is 13.0. The van der Waals surface area contributed by atoms with E-state index in [9.17, 15) is 13.6 Å². The summed E-state index contributed by atoms with van der Waals surface area (Å²) >= 11 is 0. The first-order chi connectivity index (χ1) is 7.93. The molecule has 0 saturated carbocycles. The van der Waals surface area contributed by atoms with Gasteiger partial charge < -0.3 is 5.11 Å². The van der Waals surface area contributed by atoms with Crippen molar-refractivity contribution < 1.29 is 18.7 Å². The average Bonchev–Trinajstić information content (AvgIpc) is 2.15. The molecule has 0 aliphatic carbocycles. The van der Waals surface area contributed by atoms with E-state index in [0.717, 1.165) is 6.07 Å². The number of nitrogens with zero attached hydrogens (tertiary/aromatic N) is 1. The van der Waals surface area contributed by atoms with Gasteiger partial charge in [0, 0.05) is 12.6 Å². The van der Waals surface area contributed by atoms with Gasteiger partial charge in [-0.3, -0.25) is 9.69 Å². The zero-order valence-electron chi connectivity index (χ0n) is 9.78. The van der Waals surface area contributed by atoms with Crippen LogP contribution in [0.3, 0.4) is 0 Å². The molecule has 0 fully saturated rings. The highest BCUT2D eigenvalue weighted by Crippen LogP contribution is 2.12. The fraction of sp³-hybridized carbons (Fsp3) is 0.417. The van der Waals surface area contributed by atoms with Gasteiger partial charge in [-0.25, -0.2) is 8.78 Å². The Morgan fingerprint density at radius 3 is 2.29 bits per heavy atom. The van der Waals surface area contributed by atoms with Gasteiger partial charge in [0.15, 0.2) is 0 Å². The summed E-state index contributed by atoms with van der Waals surface area (Å²) in [6.07, 6.45) is 0.434. The van der Waals surface area contributed by atoms with Gasteiger partial charge in [-0.15, -0.1) is 0 Å². The van der Waals surface area contributed by atoms with Crippen molar-refractivity contribution in [3.63, 3.8) is 0 Å². The van der Waals surface area contributed by atoms with Crippen molar-refractivity contribution in [1.29, 1.82) is 0 Å². The lowest BCUT2D eigenvalue weighted by molar-refractivity contribution is -0.143. The summed E-state index contributed by atoms with van der Waals surface area (Å²) in [5.74, 6) is -2.25. The maximum absolute atomic E-state index is 12.9. The Morgan fingerprint density at radius 2 is 1.88 bits per heavy atom. The molecule has 1 rings (SSSR count). The van der Waals surface area contributed by atoms with Gasteiger partial charge in [0.25, 0.3) is 0 Å². The minimum atomic E-state index is -0.938. The summed E-state index contributed by atoms with van der Waals surface area (Å²) in [6, 6.07) is 2.54. The van der Waals surface area contributed by atoms with Gasteiger partial charge >= 0.3 is 5.97 Å². The molecule has 1 unspecified atom stereocenters. The van der Waals surface area contributed by atoms with Crippen LogP contribution in [0, 0.1) is 11.6 Å². The molecule has 0 aliphatic rings. The number of likely N-dealkylation sites (N-methyl/N-ethyl adjacent to an activating group) is 1. The second-order valence-electron chi connectivity index (χ2n) is 3.96. The fourth-order valence-electron chi connectivity index (χ4n) is 1.78. The van der Waals surface area contributed by atoms with Crippen LogP contribution in [0.5, 0.6) is 0 Å². The van der Waals surface area contributed by atoms with Crippen LogP contribution >= 0.6 is 0 Å². The first-order valence-corrected chi connectivity index (χ1v) is 5.32. The molecule has 3 nitrogen and oxygen atoms in total. The molecule has 94 valence electrons. The molecule has 17 heavy (non-hydrogen) atoms. The van der Waals surface area contributed by atoms with Gasteiger partial charge in [0.2, 0.25) is 0 Å². The van der Waals surface area contributed by atoms with Crippen molar-refractivity contribution in [3.8, 4) is 0 Å². The minimum absolute atomic E-state index is 0.194. The van der Waals surface area contributed by atoms with E-state index in [4.69, 9.17) is 5.11 Å². The predicted octanol–water partition coefficient (Wildman–Crippen LogP) is 2.26. The van der Waals surface area contributed by atoms with Crippen LogP contribution in [0.2, 0.25) is 0 Å². The van der Waals surface area contributed by atoms with Gasteiger partial charge in [-0.2, -0.15) is 0 Å². The molecule has 0 aliphatic heterocycles. The van der Waals surface area contributed by atoms with E-state index in [0.29, 0.717) is 12.0 Å². The van der Waals surface area contributed by atoms with Crippen LogP contribution in [-0.4, -0.2) is 29.1 Å². The maximum atomic E-state index is 12.9. The molecular weight excluding hydrogens is 228 g/mol. The SMILES string of the molecule is CCC(C(=O)O)N(C)Cc1cc(F)cc(F)c1. The zero-order valence-corrected chi connectivity index (χ0v) is 9.78. The molecule has 0 radical (unpaired) electrons. The fourth-order valence-corrected chi connectivity index (χ4v) is 1.78. The summed E-state index contributed by atoms with van der Waals surface area (Å²) < 4.78 is 25.9. The molecule has 0 aromatic heterocycles. The lowest BCUT2D eigenvalue weighted by Crippen LogP contribution is -2.37. The third kappa shape index (κ3) is 3.78. The number of benzene rings is 1. The highest BCUT2D eigenvalue weighted by atomic mass is 19.1. The van der Waals surface area contributed by atoms with Crippen molar-refractivity contribution in [2.45, 2.75) is 25.9 Å². The van der Waals surface area contributed by atoms with Gasteiger partial charge in [-0.1, -0.05) is 6.92 Å². The molecule has 5 heteroatoms. The highest BCUT2D eigenvalue weighted by Gasteiger charge is 2.20. The number of hydrogen-bond donors (Lipinski definition) is 1. The summed E-state index contributed by atoms with van der Waals surface area (Å²) in [4.78, 5) is 12.5. The van der Waals surface area contributed by atoms with Gasteiger partial charge in [-0.05, 0) is 31.2 Å². The quantitative estimate of drug-likeness (QED) is 0.862. The van der Waals surface area contributed by atoms with E-state index in [2.05, 4.69) is 0 Å². The largest absolute Gasteiger partial charge is 0.480 e. The lowest BCUT2D eigenvalue weighted by Gasteiger charge is -2.23. The smallest absolute Gasteiger partial charge is 0.320 e. The van der Waals surface area contributed by atoms with E-state index < -0.39 is 23.6 Å². The van der Waals surface area contributed by atoms with Crippen molar-refractivity contribution >= 4 is 5.97 Å². The molecule has 0 bridgehead atoms. The van der Waals surface area contributed by atoms with E-state index in [1.165, 1.54) is 12.1 Å². The van der Waals surface area contributed by atoms with Crippen molar-refractivity contribution in [3.05, 3.63) is 35.4 Å². The second kappa shape index (κ2) is 5.72. The Morgan fingerprint density at radius 1 is 1.35 bits per heavy atom. The van der Waals surface area contributed by atoms with E-state index in [1.807, 2.05) is 0 Å². The number of carboxylic acids is 1. The molecule has 0 spiro atoms. The summed E-state index contributed by atoms with van der Waals surface area (Å²) in [5.41, 5.74) is 0.421. The van der Waals surface area contributed by atoms with E-state index >= 15 is 0 Å². The van der Waals surface area contributed by atoms with Crippen LogP contribution in [0.25, 0.3) is 0 Å². The summed E-state index contributed by atoms with van der Waals surface area (Å²) in [5, 5.41) is 8.94. The third-order valence-corrected chi connectivity index (χ3v) is 2.56. The Labute approximate surface area is 98.7 Å². The normalized spacial score (nSPS) is 12.8. The predicted molar refractivity (Wildman–Crippen MR) is 59.5 cm³/mol. The standard InChI is InChI=1S/C12H15F2NO2/c1-3-11(12(16)17)15(2)7-8-4-9(13)6-10(14)5-8/h4-6,11H,3,7H2,1-2H3,(H,16,17). The van der Waals surface area contributed by atoms with Crippen LogP contribution in [0.4, 0.5) is 8.78 Å². The number of halogens is 2. The van der Waals surface area contributed by atoms with E-state index in [-0.39, 0.29) is 6.54 Å². The lowest BCUT2D eigenvalue weighted by atomic mass is 10.1. The second-order valence-corrected chi connectivity index (χ2v) is 3.96. The molecule has 0 saturated heterocycles. The first-order valence-electron chi connectivity index (χ1n) is 5.32. The minimum Gasteiger partial charge on any atom is -0.480 e. The molecular formula is C12H15F2NO2. The number of aliphatic carboxylic acids is 1.